The molecular formula is C17H21N3OS. The van der Waals surface area contributed by atoms with Gasteiger partial charge < -0.3 is 10.1 Å². The molecule has 0 fully saturated rings. The van der Waals surface area contributed by atoms with Crippen molar-refractivity contribution >= 4 is 17.2 Å². The zero-order chi connectivity index (χ0) is 16.2. The van der Waals surface area contributed by atoms with Crippen molar-refractivity contribution in [3.8, 4) is 5.75 Å². The van der Waals surface area contributed by atoms with Crippen LogP contribution in [0, 0.1) is 0 Å². The summed E-state index contributed by atoms with van der Waals surface area (Å²) in [6, 6.07) is 8.13. The van der Waals surface area contributed by atoms with Crippen LogP contribution in [0.25, 0.3) is 0 Å². The van der Waals surface area contributed by atoms with Crippen LogP contribution in [0.1, 0.15) is 39.0 Å². The second kappa shape index (κ2) is 6.83. The Labute approximate surface area is 137 Å². The van der Waals surface area contributed by atoms with Crippen molar-refractivity contribution in [1.82, 2.24) is 15.3 Å². The molecule has 0 spiro atoms. The second-order valence-corrected chi connectivity index (χ2v) is 6.51. The van der Waals surface area contributed by atoms with Crippen LogP contribution in [-0.4, -0.2) is 21.2 Å². The zero-order valence-electron chi connectivity index (χ0n) is 13.3. The molecule has 1 N–H and O–H groups in total. The fourth-order valence-electron chi connectivity index (χ4n) is 1.94. The van der Waals surface area contributed by atoms with Gasteiger partial charge in [0.25, 0.3) is 0 Å². The summed E-state index contributed by atoms with van der Waals surface area (Å²) < 4.78 is 5.83. The molecule has 22 heavy (non-hydrogen) atoms. The summed E-state index contributed by atoms with van der Waals surface area (Å²) in [4.78, 5) is 8.67. The highest BCUT2D eigenvalue weighted by Gasteiger charge is 2.14. The fraction of sp³-hybridized carbons (Fsp3) is 0.353. The second-order valence-electron chi connectivity index (χ2n) is 6.10. The van der Waals surface area contributed by atoms with Crippen LogP contribution < -0.4 is 10.1 Å². The van der Waals surface area contributed by atoms with Crippen LogP contribution in [0.5, 0.6) is 5.75 Å². The molecule has 1 aromatic carbocycles. The topological polar surface area (TPSA) is 47.0 Å². The molecule has 1 heterocycles. The third-order valence-corrected chi connectivity index (χ3v) is 3.49. The minimum atomic E-state index is -0.255. The summed E-state index contributed by atoms with van der Waals surface area (Å²) in [5, 5.41) is 3.10. The molecule has 0 aliphatic heterocycles. The van der Waals surface area contributed by atoms with Crippen LogP contribution in [-0.2, 0) is 5.41 Å². The maximum atomic E-state index is 5.83. The molecule has 1 aromatic heterocycles. The van der Waals surface area contributed by atoms with Gasteiger partial charge in [-0.05, 0) is 30.0 Å². The first-order valence-electron chi connectivity index (χ1n) is 7.20. The highest BCUT2D eigenvalue weighted by molar-refractivity contribution is 7.80. The van der Waals surface area contributed by atoms with Gasteiger partial charge in [-0.3, -0.25) is 9.97 Å². The minimum absolute atomic E-state index is 0.135. The minimum Gasteiger partial charge on any atom is -0.471 e. The van der Waals surface area contributed by atoms with Crippen LogP contribution in [0.4, 0.5) is 0 Å². The summed E-state index contributed by atoms with van der Waals surface area (Å²) in [7, 11) is 0. The van der Waals surface area contributed by atoms with Gasteiger partial charge in [-0.25, -0.2) is 0 Å². The summed E-state index contributed by atoms with van der Waals surface area (Å²) in [5.41, 5.74) is 2.04. The summed E-state index contributed by atoms with van der Waals surface area (Å²) in [6.07, 6.45) is 4.60. The molecule has 2 aromatic rings. The predicted molar refractivity (Wildman–Crippen MR) is 92.1 cm³/mol. The highest BCUT2D eigenvalue weighted by atomic mass is 32.1. The molecule has 1 unspecified atom stereocenters. The number of hydrogen-bond donors (Lipinski definition) is 1. The van der Waals surface area contributed by atoms with Gasteiger partial charge in [-0.1, -0.05) is 45.1 Å². The van der Waals surface area contributed by atoms with E-state index in [1.807, 2.05) is 19.1 Å². The Kier molecular flexibility index (Phi) is 5.08. The SMILES string of the molecule is CC(NC(=S)c1cnccn1)Oc1ccc(C(C)(C)C)cc1. The Morgan fingerprint density at radius 3 is 2.41 bits per heavy atom. The van der Waals surface area contributed by atoms with Gasteiger partial charge in [-0.2, -0.15) is 0 Å². The summed E-state index contributed by atoms with van der Waals surface area (Å²) in [6.45, 7) is 8.46. The number of nitrogens with zero attached hydrogens (tertiary/aromatic N) is 2. The highest BCUT2D eigenvalue weighted by Crippen LogP contribution is 2.24. The summed E-state index contributed by atoms with van der Waals surface area (Å²) >= 11 is 5.29. The van der Waals surface area contributed by atoms with Gasteiger partial charge in [0.15, 0.2) is 6.23 Å². The number of hydrogen-bond acceptors (Lipinski definition) is 4. The van der Waals surface area contributed by atoms with E-state index in [2.05, 4.69) is 48.2 Å². The van der Waals surface area contributed by atoms with Crippen LogP contribution >= 0.6 is 12.2 Å². The first kappa shape index (κ1) is 16.4. The monoisotopic (exact) mass is 315 g/mol. The third-order valence-electron chi connectivity index (χ3n) is 3.16. The molecule has 1 atom stereocenters. The summed E-state index contributed by atoms with van der Waals surface area (Å²) in [5.74, 6) is 0.801. The van der Waals surface area contributed by atoms with E-state index in [1.165, 1.54) is 5.56 Å². The zero-order valence-corrected chi connectivity index (χ0v) is 14.1. The van der Waals surface area contributed by atoms with Crippen molar-refractivity contribution in [2.45, 2.75) is 39.3 Å². The van der Waals surface area contributed by atoms with Crippen LogP contribution in [0.15, 0.2) is 42.9 Å². The fourth-order valence-corrected chi connectivity index (χ4v) is 2.21. The van der Waals surface area contributed by atoms with E-state index in [1.54, 1.807) is 18.6 Å². The van der Waals surface area contributed by atoms with Crippen molar-refractivity contribution in [1.29, 1.82) is 0 Å². The largest absolute Gasteiger partial charge is 0.471 e. The molecule has 2 rings (SSSR count). The van der Waals surface area contributed by atoms with Crippen molar-refractivity contribution in [2.75, 3.05) is 0 Å². The average molecular weight is 315 g/mol. The van der Waals surface area contributed by atoms with Gasteiger partial charge in [-0.15, -0.1) is 0 Å². The smallest absolute Gasteiger partial charge is 0.167 e. The Balaban J connectivity index is 1.95. The van der Waals surface area contributed by atoms with E-state index < -0.39 is 0 Å². The molecule has 0 saturated carbocycles. The molecule has 0 aliphatic rings. The van der Waals surface area contributed by atoms with Gasteiger partial charge in [0.2, 0.25) is 0 Å². The van der Waals surface area contributed by atoms with Crippen molar-refractivity contribution in [3.63, 3.8) is 0 Å². The Bertz CT molecular complexity index is 621. The molecule has 4 nitrogen and oxygen atoms in total. The first-order chi connectivity index (χ1) is 10.4. The van der Waals surface area contributed by atoms with E-state index in [0.29, 0.717) is 10.7 Å². The molecular weight excluding hydrogens is 294 g/mol. The van der Waals surface area contributed by atoms with Crippen molar-refractivity contribution in [3.05, 3.63) is 54.1 Å². The lowest BCUT2D eigenvalue weighted by Gasteiger charge is -2.21. The number of ether oxygens (including phenoxy) is 1. The maximum absolute atomic E-state index is 5.83. The Morgan fingerprint density at radius 2 is 1.86 bits per heavy atom. The van der Waals surface area contributed by atoms with Gasteiger partial charge in [0, 0.05) is 12.4 Å². The average Bonchev–Trinajstić information content (AvgIpc) is 2.47. The van der Waals surface area contributed by atoms with Crippen LogP contribution in [0.3, 0.4) is 0 Å². The van der Waals surface area contributed by atoms with Crippen molar-refractivity contribution < 1.29 is 4.74 Å². The lowest BCUT2D eigenvalue weighted by atomic mass is 9.87. The number of aromatic nitrogens is 2. The first-order valence-corrected chi connectivity index (χ1v) is 7.61. The Hall–Kier alpha value is -2.01. The number of rotatable bonds is 4. The van der Waals surface area contributed by atoms with E-state index in [9.17, 15) is 0 Å². The molecule has 5 heteroatoms. The van der Waals surface area contributed by atoms with E-state index >= 15 is 0 Å². The normalized spacial score (nSPS) is 12.5. The molecule has 0 saturated heterocycles. The molecule has 0 radical (unpaired) electrons. The lowest BCUT2D eigenvalue weighted by Crippen LogP contribution is -2.36. The van der Waals surface area contributed by atoms with E-state index in [4.69, 9.17) is 17.0 Å². The predicted octanol–water partition coefficient (Wildman–Crippen LogP) is 3.46. The quantitative estimate of drug-likeness (QED) is 0.691. The third kappa shape index (κ3) is 4.49. The van der Waals surface area contributed by atoms with Crippen LogP contribution in [0.2, 0.25) is 0 Å². The number of thiocarbonyl (C=S) groups is 1. The lowest BCUT2D eigenvalue weighted by molar-refractivity contribution is 0.208. The molecule has 0 bridgehead atoms. The standard InChI is InChI=1S/C17H21N3OS/c1-12(20-16(22)15-11-18-9-10-19-15)21-14-7-5-13(6-8-14)17(2,3)4/h5-12H,1-4H3,(H,20,22). The van der Waals surface area contributed by atoms with E-state index in [0.717, 1.165) is 5.75 Å². The van der Waals surface area contributed by atoms with Gasteiger partial charge >= 0.3 is 0 Å². The Morgan fingerprint density at radius 1 is 1.18 bits per heavy atom. The van der Waals surface area contributed by atoms with E-state index in [-0.39, 0.29) is 11.6 Å². The van der Waals surface area contributed by atoms with Crippen molar-refractivity contribution in [2.24, 2.45) is 0 Å². The van der Waals surface area contributed by atoms with Gasteiger partial charge in [0.05, 0.1) is 6.20 Å². The molecule has 0 amide bonds. The number of benzene rings is 1. The number of nitrogens with one attached hydrogen (secondary N) is 1. The molecule has 116 valence electrons. The molecule has 0 aliphatic carbocycles. The van der Waals surface area contributed by atoms with Gasteiger partial charge in [0.1, 0.15) is 16.4 Å². The maximum Gasteiger partial charge on any atom is 0.167 e.